The van der Waals surface area contributed by atoms with E-state index in [-0.39, 0.29) is 18.3 Å². The van der Waals surface area contributed by atoms with Crippen molar-refractivity contribution in [1.29, 1.82) is 0 Å². The molecule has 0 fully saturated rings. The molecule has 1 amide bonds. The molecule has 1 atom stereocenters. The molecule has 0 spiro atoms. The van der Waals surface area contributed by atoms with Crippen LogP contribution in [0.25, 0.3) is 5.69 Å². The molecule has 0 aliphatic heterocycles. The van der Waals surface area contributed by atoms with E-state index in [1.165, 1.54) is 5.56 Å². The number of benzene rings is 1. The Morgan fingerprint density at radius 1 is 1.23 bits per heavy atom. The van der Waals surface area contributed by atoms with Gasteiger partial charge in [0, 0.05) is 37.7 Å². The Morgan fingerprint density at radius 2 is 2.00 bits per heavy atom. The molecule has 2 heterocycles. The maximum absolute atomic E-state index is 12.4. The van der Waals surface area contributed by atoms with Gasteiger partial charge in [-0.2, -0.15) is 10.2 Å². The molecule has 0 saturated heterocycles. The minimum Gasteiger partial charge on any atom is -0.354 e. The number of aryl methyl sites for hydroxylation is 1. The van der Waals surface area contributed by atoms with Gasteiger partial charge in [-0.25, -0.2) is 4.68 Å². The first kappa shape index (κ1) is 19.7. The number of likely N-dealkylation sites (N-methyl/N-ethyl adjacent to an activating group) is 1. The Bertz CT molecular complexity index is 813. The van der Waals surface area contributed by atoms with Gasteiger partial charge < -0.3 is 10.6 Å². The van der Waals surface area contributed by atoms with Crippen molar-refractivity contribution in [3.05, 3.63) is 66.2 Å². The third kappa shape index (κ3) is 4.71. The van der Waals surface area contributed by atoms with E-state index in [1.54, 1.807) is 24.1 Å². The van der Waals surface area contributed by atoms with Gasteiger partial charge in [-0.15, -0.1) is 12.4 Å². The first-order valence-corrected chi connectivity index (χ1v) is 8.20. The number of hydrogen-bond donors (Lipinski definition) is 2. The highest BCUT2D eigenvalue weighted by molar-refractivity contribution is 5.85. The number of halogens is 1. The Kier molecular flexibility index (Phi) is 6.94. The highest BCUT2D eigenvalue weighted by Gasteiger charge is 2.19. The van der Waals surface area contributed by atoms with Crippen molar-refractivity contribution in [2.45, 2.75) is 12.5 Å². The van der Waals surface area contributed by atoms with E-state index in [1.807, 2.05) is 42.3 Å². The Balaban J connectivity index is 0.00000243. The normalized spacial score (nSPS) is 11.6. The molecule has 26 heavy (non-hydrogen) atoms. The molecular formula is C18H23ClN6O. The number of nitrogens with one attached hydrogen (secondary N) is 2. The molecule has 2 N–H and O–H groups in total. The zero-order valence-corrected chi connectivity index (χ0v) is 15.6. The van der Waals surface area contributed by atoms with Crippen molar-refractivity contribution in [3.63, 3.8) is 0 Å². The fourth-order valence-corrected chi connectivity index (χ4v) is 2.71. The van der Waals surface area contributed by atoms with Gasteiger partial charge in [-0.3, -0.25) is 9.48 Å². The van der Waals surface area contributed by atoms with Crippen LogP contribution in [0.3, 0.4) is 0 Å². The molecule has 0 saturated carbocycles. The van der Waals surface area contributed by atoms with Gasteiger partial charge >= 0.3 is 0 Å². The van der Waals surface area contributed by atoms with Gasteiger partial charge in [0.05, 0.1) is 11.9 Å². The maximum Gasteiger partial charge on any atom is 0.241 e. The molecule has 3 rings (SSSR count). The van der Waals surface area contributed by atoms with Gasteiger partial charge in [0.15, 0.2) is 0 Å². The molecule has 2 aromatic heterocycles. The van der Waals surface area contributed by atoms with E-state index in [2.05, 4.69) is 33.0 Å². The fourth-order valence-electron chi connectivity index (χ4n) is 2.71. The number of hydrogen-bond acceptors (Lipinski definition) is 4. The Labute approximate surface area is 158 Å². The third-order valence-corrected chi connectivity index (χ3v) is 4.03. The number of carbonyl (C=O) groups is 1. The highest BCUT2D eigenvalue weighted by Crippen LogP contribution is 2.12. The van der Waals surface area contributed by atoms with Crippen LogP contribution >= 0.6 is 12.4 Å². The summed E-state index contributed by atoms with van der Waals surface area (Å²) in [5.41, 5.74) is 3.04. The summed E-state index contributed by atoms with van der Waals surface area (Å²) in [6, 6.07) is 9.66. The van der Waals surface area contributed by atoms with Gasteiger partial charge in [0.2, 0.25) is 5.91 Å². The lowest BCUT2D eigenvalue weighted by atomic mass is 10.1. The second-order valence-electron chi connectivity index (χ2n) is 5.83. The fraction of sp³-hybridized carbons (Fsp3) is 0.278. The molecular weight excluding hydrogens is 352 g/mol. The SMILES string of the molecule is CNC(C(=O)NCCc1ccc(-n2cccn2)cc1)c1cnn(C)c1.Cl. The molecule has 138 valence electrons. The van der Waals surface area contributed by atoms with Crippen LogP contribution in [-0.2, 0) is 18.3 Å². The lowest BCUT2D eigenvalue weighted by Gasteiger charge is -2.14. The van der Waals surface area contributed by atoms with Crippen LogP contribution in [0.5, 0.6) is 0 Å². The lowest BCUT2D eigenvalue weighted by Crippen LogP contribution is -2.36. The molecule has 3 aromatic rings. The van der Waals surface area contributed by atoms with Crippen molar-refractivity contribution in [2.24, 2.45) is 7.05 Å². The second kappa shape index (κ2) is 9.17. The van der Waals surface area contributed by atoms with Crippen LogP contribution in [0.1, 0.15) is 17.2 Å². The summed E-state index contributed by atoms with van der Waals surface area (Å²) in [6.45, 7) is 0.582. The highest BCUT2D eigenvalue weighted by atomic mass is 35.5. The predicted molar refractivity (Wildman–Crippen MR) is 103 cm³/mol. The molecule has 0 aliphatic rings. The summed E-state index contributed by atoms with van der Waals surface area (Å²) in [5, 5.41) is 14.3. The monoisotopic (exact) mass is 374 g/mol. The number of amides is 1. The molecule has 0 aliphatic carbocycles. The van der Waals surface area contributed by atoms with Crippen LogP contribution < -0.4 is 10.6 Å². The molecule has 8 heteroatoms. The quantitative estimate of drug-likeness (QED) is 0.659. The Hall–Kier alpha value is -2.64. The smallest absolute Gasteiger partial charge is 0.241 e. The van der Waals surface area contributed by atoms with E-state index < -0.39 is 6.04 Å². The van der Waals surface area contributed by atoms with E-state index in [9.17, 15) is 4.79 Å². The second-order valence-corrected chi connectivity index (χ2v) is 5.83. The summed E-state index contributed by atoms with van der Waals surface area (Å²) in [6.07, 6.45) is 7.98. The van der Waals surface area contributed by atoms with Crippen molar-refractivity contribution in [3.8, 4) is 5.69 Å². The van der Waals surface area contributed by atoms with Crippen molar-refractivity contribution >= 4 is 18.3 Å². The summed E-state index contributed by atoms with van der Waals surface area (Å²) < 4.78 is 3.51. The summed E-state index contributed by atoms with van der Waals surface area (Å²) in [5.74, 6) is -0.0522. The van der Waals surface area contributed by atoms with Crippen molar-refractivity contribution in [2.75, 3.05) is 13.6 Å². The number of carbonyl (C=O) groups excluding carboxylic acids is 1. The Morgan fingerprint density at radius 3 is 2.58 bits per heavy atom. The first-order chi connectivity index (χ1) is 12.2. The van der Waals surface area contributed by atoms with Gasteiger partial charge in [0.25, 0.3) is 0 Å². The molecule has 0 radical (unpaired) electrons. The van der Waals surface area contributed by atoms with Crippen LogP contribution in [0.4, 0.5) is 0 Å². The van der Waals surface area contributed by atoms with E-state index in [0.717, 1.165) is 17.7 Å². The third-order valence-electron chi connectivity index (χ3n) is 4.03. The summed E-state index contributed by atoms with van der Waals surface area (Å²) >= 11 is 0. The molecule has 1 aromatic carbocycles. The van der Waals surface area contributed by atoms with Crippen molar-refractivity contribution in [1.82, 2.24) is 30.2 Å². The van der Waals surface area contributed by atoms with Gasteiger partial charge in [0.1, 0.15) is 6.04 Å². The topological polar surface area (TPSA) is 76.8 Å². The molecule has 1 unspecified atom stereocenters. The number of aromatic nitrogens is 4. The van der Waals surface area contributed by atoms with Crippen LogP contribution in [0.2, 0.25) is 0 Å². The largest absolute Gasteiger partial charge is 0.354 e. The minimum absolute atomic E-state index is 0. The average Bonchev–Trinajstić information content (AvgIpc) is 3.28. The predicted octanol–water partition coefficient (Wildman–Crippen LogP) is 1.65. The summed E-state index contributed by atoms with van der Waals surface area (Å²) in [7, 11) is 3.60. The van der Waals surface area contributed by atoms with Crippen LogP contribution in [-0.4, -0.2) is 39.1 Å². The zero-order chi connectivity index (χ0) is 17.6. The summed E-state index contributed by atoms with van der Waals surface area (Å²) in [4.78, 5) is 12.4. The van der Waals surface area contributed by atoms with E-state index >= 15 is 0 Å². The van der Waals surface area contributed by atoms with Crippen molar-refractivity contribution < 1.29 is 4.79 Å². The van der Waals surface area contributed by atoms with Gasteiger partial charge in [-0.1, -0.05) is 12.1 Å². The molecule has 7 nitrogen and oxygen atoms in total. The van der Waals surface area contributed by atoms with Crippen LogP contribution in [0, 0.1) is 0 Å². The van der Waals surface area contributed by atoms with Gasteiger partial charge in [-0.05, 0) is 37.2 Å². The lowest BCUT2D eigenvalue weighted by molar-refractivity contribution is -0.123. The van der Waals surface area contributed by atoms with E-state index in [4.69, 9.17) is 0 Å². The number of rotatable bonds is 7. The zero-order valence-electron chi connectivity index (χ0n) is 14.8. The number of nitrogens with zero attached hydrogens (tertiary/aromatic N) is 4. The maximum atomic E-state index is 12.4. The minimum atomic E-state index is -0.393. The first-order valence-electron chi connectivity index (χ1n) is 8.20. The van der Waals surface area contributed by atoms with E-state index in [0.29, 0.717) is 6.54 Å². The van der Waals surface area contributed by atoms with Crippen LogP contribution in [0.15, 0.2) is 55.1 Å². The standard InChI is InChI=1S/C18H22N6O.ClH/c1-19-17(15-12-22-23(2)13-15)18(25)20-10-8-14-4-6-16(7-5-14)24-11-3-9-21-24;/h3-7,9,11-13,17,19H,8,10H2,1-2H3,(H,20,25);1H. The molecule has 0 bridgehead atoms. The average molecular weight is 375 g/mol.